The molecule has 35 heavy (non-hydrogen) atoms. The van der Waals surface area contributed by atoms with Gasteiger partial charge in [-0.25, -0.2) is 9.97 Å². The van der Waals surface area contributed by atoms with Gasteiger partial charge in [-0.15, -0.1) is 0 Å². The zero-order chi connectivity index (χ0) is 24.6. The van der Waals surface area contributed by atoms with E-state index in [-0.39, 0.29) is 17.8 Å². The van der Waals surface area contributed by atoms with E-state index in [1.165, 1.54) is 0 Å². The molecular formula is C26H34N4O4S. The van der Waals surface area contributed by atoms with Crippen LogP contribution in [0.15, 0.2) is 35.5 Å². The molecule has 0 N–H and O–H groups in total. The second kappa shape index (κ2) is 12.4. The molecule has 4 rings (SSSR count). The van der Waals surface area contributed by atoms with Gasteiger partial charge < -0.3 is 19.3 Å². The molecule has 2 saturated heterocycles. The number of hydrogen-bond donors (Lipinski definition) is 0. The molecule has 3 heterocycles. The van der Waals surface area contributed by atoms with Gasteiger partial charge >= 0.3 is 5.97 Å². The molecule has 1 aromatic carbocycles. The minimum atomic E-state index is -0.241. The molecule has 1 aromatic heterocycles. The lowest BCUT2D eigenvalue weighted by Gasteiger charge is -2.31. The Labute approximate surface area is 211 Å². The van der Waals surface area contributed by atoms with Gasteiger partial charge in [0.15, 0.2) is 5.16 Å². The molecule has 9 heteroatoms. The number of morpholine rings is 1. The molecule has 0 unspecified atom stereocenters. The Balaban J connectivity index is 1.41. The number of hydrogen-bond acceptors (Lipinski definition) is 8. The first-order valence-corrected chi connectivity index (χ1v) is 13.4. The van der Waals surface area contributed by atoms with Gasteiger partial charge in [0.25, 0.3) is 5.91 Å². The molecule has 8 nitrogen and oxygen atoms in total. The molecule has 1 atom stereocenters. The topological polar surface area (TPSA) is 84.9 Å². The predicted octanol–water partition coefficient (Wildman–Crippen LogP) is 3.58. The van der Waals surface area contributed by atoms with Gasteiger partial charge in [-0.05, 0) is 43.9 Å². The maximum Gasteiger partial charge on any atom is 0.310 e. The third-order valence-corrected chi connectivity index (χ3v) is 7.23. The van der Waals surface area contributed by atoms with E-state index < -0.39 is 0 Å². The maximum absolute atomic E-state index is 13.2. The summed E-state index contributed by atoms with van der Waals surface area (Å²) in [5.74, 6) is 1.14. The normalized spacial score (nSPS) is 18.4. The first kappa shape index (κ1) is 25.4. The molecule has 188 valence electrons. The number of nitrogens with zero attached hydrogens (tertiary/aromatic N) is 4. The molecule has 0 radical (unpaired) electrons. The molecule has 2 fully saturated rings. The summed E-state index contributed by atoms with van der Waals surface area (Å²) in [6, 6.07) is 9.79. The van der Waals surface area contributed by atoms with Crippen LogP contribution in [0.2, 0.25) is 0 Å². The number of aromatic nitrogens is 2. The number of carbonyl (C=O) groups is 2. The van der Waals surface area contributed by atoms with Crippen molar-refractivity contribution in [2.45, 2.75) is 44.0 Å². The van der Waals surface area contributed by atoms with Crippen LogP contribution in [0.3, 0.4) is 0 Å². The van der Waals surface area contributed by atoms with Crippen molar-refractivity contribution < 1.29 is 19.1 Å². The summed E-state index contributed by atoms with van der Waals surface area (Å²) in [6.07, 6.45) is 2.42. The number of likely N-dealkylation sites (tertiary alicyclic amines) is 1. The van der Waals surface area contributed by atoms with Crippen LogP contribution >= 0.6 is 11.8 Å². The number of anilines is 1. The van der Waals surface area contributed by atoms with Gasteiger partial charge in [-0.1, -0.05) is 30.8 Å². The fraction of sp³-hybridized carbons (Fsp3) is 0.538. The van der Waals surface area contributed by atoms with Crippen LogP contribution in [0.1, 0.15) is 48.3 Å². The number of piperidine rings is 1. The molecule has 0 spiro atoms. The highest BCUT2D eigenvalue weighted by atomic mass is 32.2. The van der Waals surface area contributed by atoms with Crippen LogP contribution in [0.5, 0.6) is 0 Å². The number of ether oxygens (including phenoxy) is 2. The summed E-state index contributed by atoms with van der Waals surface area (Å²) in [7, 11) is 0. The summed E-state index contributed by atoms with van der Waals surface area (Å²) in [5, 5.41) is 0.746. The fourth-order valence-electron chi connectivity index (χ4n) is 4.40. The van der Waals surface area contributed by atoms with Crippen molar-refractivity contribution in [3.8, 4) is 0 Å². The highest BCUT2D eigenvalue weighted by molar-refractivity contribution is 7.98. The molecule has 0 aliphatic carbocycles. The van der Waals surface area contributed by atoms with Crippen LogP contribution in [0, 0.1) is 5.92 Å². The van der Waals surface area contributed by atoms with Crippen molar-refractivity contribution in [1.82, 2.24) is 14.9 Å². The van der Waals surface area contributed by atoms with Crippen molar-refractivity contribution in [2.24, 2.45) is 5.92 Å². The van der Waals surface area contributed by atoms with Gasteiger partial charge in [0.2, 0.25) is 0 Å². The Morgan fingerprint density at radius 1 is 1.14 bits per heavy atom. The van der Waals surface area contributed by atoms with Crippen LogP contribution < -0.4 is 4.90 Å². The second-order valence-electron chi connectivity index (χ2n) is 8.78. The zero-order valence-electron chi connectivity index (χ0n) is 20.6. The molecule has 2 aliphatic heterocycles. The van der Waals surface area contributed by atoms with Crippen molar-refractivity contribution in [2.75, 3.05) is 50.9 Å². The van der Waals surface area contributed by atoms with E-state index in [1.807, 2.05) is 24.3 Å². The van der Waals surface area contributed by atoms with E-state index in [4.69, 9.17) is 19.4 Å². The maximum atomic E-state index is 13.2. The number of rotatable bonds is 8. The largest absolute Gasteiger partial charge is 0.466 e. The number of thioether (sulfide) groups is 1. The summed E-state index contributed by atoms with van der Waals surface area (Å²) in [6.45, 7) is 8.45. The van der Waals surface area contributed by atoms with E-state index >= 15 is 0 Å². The summed E-state index contributed by atoms with van der Waals surface area (Å²) in [5.41, 5.74) is 2.71. The van der Waals surface area contributed by atoms with Gasteiger partial charge in [0, 0.05) is 49.3 Å². The minimum Gasteiger partial charge on any atom is -0.466 e. The molecule has 0 bridgehead atoms. The van der Waals surface area contributed by atoms with Crippen LogP contribution in [0.25, 0.3) is 0 Å². The lowest BCUT2D eigenvalue weighted by molar-refractivity contribution is -0.149. The van der Waals surface area contributed by atoms with Crippen LogP contribution in [0.4, 0.5) is 5.82 Å². The Bertz CT molecular complexity index is 1030. The number of esters is 1. The summed E-state index contributed by atoms with van der Waals surface area (Å²) >= 11 is 1.58. The lowest BCUT2D eigenvalue weighted by atomic mass is 9.97. The monoisotopic (exact) mass is 498 g/mol. The first-order chi connectivity index (χ1) is 17.1. The average Bonchev–Trinajstić information content (AvgIpc) is 2.92. The number of carbonyl (C=O) groups excluding carboxylic acids is 2. The van der Waals surface area contributed by atoms with E-state index in [0.717, 1.165) is 54.6 Å². The Kier molecular flexibility index (Phi) is 8.98. The molecule has 2 aliphatic rings. The quantitative estimate of drug-likeness (QED) is 0.310. The number of benzene rings is 1. The van der Waals surface area contributed by atoms with Gasteiger partial charge in [-0.3, -0.25) is 9.59 Å². The van der Waals surface area contributed by atoms with E-state index in [1.54, 1.807) is 23.6 Å². The van der Waals surface area contributed by atoms with Crippen molar-refractivity contribution in [3.63, 3.8) is 0 Å². The fourth-order valence-corrected chi connectivity index (χ4v) is 5.21. The second-order valence-corrected chi connectivity index (χ2v) is 9.73. The molecule has 1 amide bonds. The smallest absolute Gasteiger partial charge is 0.310 e. The highest BCUT2D eigenvalue weighted by Crippen LogP contribution is 2.25. The van der Waals surface area contributed by atoms with Crippen molar-refractivity contribution in [1.29, 1.82) is 0 Å². The average molecular weight is 499 g/mol. The predicted molar refractivity (Wildman–Crippen MR) is 136 cm³/mol. The number of aryl methyl sites for hydroxylation is 1. The summed E-state index contributed by atoms with van der Waals surface area (Å²) in [4.78, 5) is 38.9. The third kappa shape index (κ3) is 6.73. The van der Waals surface area contributed by atoms with Crippen LogP contribution in [-0.4, -0.2) is 72.7 Å². The first-order valence-electron chi connectivity index (χ1n) is 12.5. The van der Waals surface area contributed by atoms with Gasteiger partial charge in [-0.2, -0.15) is 0 Å². The Hall–Kier alpha value is -2.65. The van der Waals surface area contributed by atoms with E-state index in [0.29, 0.717) is 44.2 Å². The minimum absolute atomic E-state index is 0.0373. The van der Waals surface area contributed by atoms with E-state index in [9.17, 15) is 9.59 Å². The Morgan fingerprint density at radius 2 is 1.97 bits per heavy atom. The molecule has 0 saturated carbocycles. The van der Waals surface area contributed by atoms with Crippen molar-refractivity contribution >= 4 is 29.5 Å². The highest BCUT2D eigenvalue weighted by Gasteiger charge is 2.29. The number of amides is 1. The molecule has 2 aromatic rings. The lowest BCUT2D eigenvalue weighted by Crippen LogP contribution is -2.42. The van der Waals surface area contributed by atoms with E-state index in [2.05, 4.69) is 17.9 Å². The molecular weight excluding hydrogens is 464 g/mol. The van der Waals surface area contributed by atoms with Gasteiger partial charge in [0.05, 0.1) is 25.7 Å². The zero-order valence-corrected chi connectivity index (χ0v) is 21.4. The standard InChI is InChI=1S/C26H34N4O4S/c1-3-22-16-23(29-11-13-33-14-12-29)28-26(27-22)35-18-19-7-5-8-20(15-19)24(31)30-10-6-9-21(17-30)25(32)34-4-2/h5,7-8,15-16,21H,3-4,6,9-14,17-18H2,1-2H3/t21-/m1/s1. The van der Waals surface area contributed by atoms with Crippen molar-refractivity contribution in [3.05, 3.63) is 47.2 Å². The Morgan fingerprint density at radius 3 is 2.74 bits per heavy atom. The van der Waals surface area contributed by atoms with Gasteiger partial charge in [0.1, 0.15) is 5.82 Å². The summed E-state index contributed by atoms with van der Waals surface area (Å²) < 4.78 is 10.6. The SMILES string of the molecule is CCOC(=O)[C@@H]1CCCN(C(=O)c2cccc(CSc3nc(CC)cc(N4CCOCC4)n3)c2)C1. The van der Waals surface area contributed by atoms with Crippen LogP contribution in [-0.2, 0) is 26.4 Å². The third-order valence-electron chi connectivity index (χ3n) is 6.31.